The first-order valence-corrected chi connectivity index (χ1v) is 12.4. The first-order valence-electron chi connectivity index (χ1n) is 11.5. The average molecular weight is 454 g/mol. The highest BCUT2D eigenvalue weighted by molar-refractivity contribution is 7.12. The van der Waals surface area contributed by atoms with Crippen LogP contribution in [-0.4, -0.2) is 47.8 Å². The van der Waals surface area contributed by atoms with E-state index in [-0.39, 0.29) is 35.7 Å². The van der Waals surface area contributed by atoms with E-state index in [1.54, 1.807) is 0 Å². The molecule has 7 heteroatoms. The zero-order valence-corrected chi connectivity index (χ0v) is 19.3. The van der Waals surface area contributed by atoms with E-state index < -0.39 is 0 Å². The Morgan fingerprint density at radius 3 is 2.25 bits per heavy atom. The summed E-state index contributed by atoms with van der Waals surface area (Å²) in [6.07, 6.45) is 5.20. The Labute approximate surface area is 193 Å². The van der Waals surface area contributed by atoms with Crippen molar-refractivity contribution >= 4 is 29.1 Å². The van der Waals surface area contributed by atoms with Gasteiger partial charge in [0.25, 0.3) is 11.8 Å². The number of aryl methyl sites for hydroxylation is 1. The molecule has 2 N–H and O–H groups in total. The lowest BCUT2D eigenvalue weighted by Gasteiger charge is -2.36. The Kier molecular flexibility index (Phi) is 7.25. The van der Waals surface area contributed by atoms with Crippen LogP contribution in [0.3, 0.4) is 0 Å². The smallest absolute Gasteiger partial charge is 0.263 e. The van der Waals surface area contributed by atoms with Crippen LogP contribution in [0, 0.1) is 12.8 Å². The summed E-state index contributed by atoms with van der Waals surface area (Å²) in [5.74, 6) is -0.0490. The van der Waals surface area contributed by atoms with E-state index in [1.165, 1.54) is 11.3 Å². The van der Waals surface area contributed by atoms with Crippen LogP contribution in [0.4, 0.5) is 0 Å². The molecule has 1 unspecified atom stereocenters. The van der Waals surface area contributed by atoms with Gasteiger partial charge in [-0.05, 0) is 55.7 Å². The van der Waals surface area contributed by atoms with Crippen molar-refractivity contribution in [3.8, 4) is 0 Å². The standard InChI is InChI=1S/C25H31N3O3S/c1-17-7-2-3-8-19(17)24(30)27-21-10-5-4-9-20(21)26-23(29)18-12-14-28(15-13-18)25(31)22-11-6-16-32-22/h2-3,6-8,11,16,18,20-21H,4-5,9-10,12-15H2,1H3,(H,26,29)(H,27,30)/t20?,21-/m1/s1. The molecule has 0 spiro atoms. The van der Waals surface area contributed by atoms with Crippen molar-refractivity contribution in [3.05, 3.63) is 57.8 Å². The van der Waals surface area contributed by atoms with Crippen LogP contribution in [0.25, 0.3) is 0 Å². The molecule has 2 aliphatic rings. The van der Waals surface area contributed by atoms with E-state index >= 15 is 0 Å². The van der Waals surface area contributed by atoms with Gasteiger partial charge in [-0.25, -0.2) is 0 Å². The van der Waals surface area contributed by atoms with Gasteiger partial charge in [-0.3, -0.25) is 14.4 Å². The van der Waals surface area contributed by atoms with E-state index in [0.717, 1.165) is 36.1 Å². The van der Waals surface area contributed by atoms with E-state index in [4.69, 9.17) is 0 Å². The molecule has 32 heavy (non-hydrogen) atoms. The van der Waals surface area contributed by atoms with Gasteiger partial charge in [-0.2, -0.15) is 0 Å². The highest BCUT2D eigenvalue weighted by Crippen LogP contribution is 2.24. The number of likely N-dealkylation sites (tertiary alicyclic amines) is 1. The number of hydrogen-bond acceptors (Lipinski definition) is 4. The first kappa shape index (κ1) is 22.5. The number of rotatable bonds is 5. The lowest BCUT2D eigenvalue weighted by Crippen LogP contribution is -2.55. The van der Waals surface area contributed by atoms with Crippen molar-refractivity contribution in [2.45, 2.75) is 57.5 Å². The molecule has 1 saturated carbocycles. The molecular weight excluding hydrogens is 422 g/mol. The molecule has 0 bridgehead atoms. The summed E-state index contributed by atoms with van der Waals surface area (Å²) >= 11 is 1.45. The van der Waals surface area contributed by atoms with Crippen LogP contribution in [-0.2, 0) is 4.79 Å². The third kappa shape index (κ3) is 5.21. The van der Waals surface area contributed by atoms with Crippen molar-refractivity contribution < 1.29 is 14.4 Å². The first-order chi connectivity index (χ1) is 15.5. The van der Waals surface area contributed by atoms with Gasteiger partial charge in [0.15, 0.2) is 0 Å². The van der Waals surface area contributed by atoms with Crippen LogP contribution in [0.1, 0.15) is 64.1 Å². The molecule has 2 aromatic rings. The quantitative estimate of drug-likeness (QED) is 0.723. The molecule has 1 saturated heterocycles. The number of carbonyl (C=O) groups excluding carboxylic acids is 3. The topological polar surface area (TPSA) is 78.5 Å². The highest BCUT2D eigenvalue weighted by atomic mass is 32.1. The summed E-state index contributed by atoms with van der Waals surface area (Å²) in [5, 5.41) is 8.30. The maximum absolute atomic E-state index is 13.0. The number of benzene rings is 1. The van der Waals surface area contributed by atoms with Crippen LogP contribution >= 0.6 is 11.3 Å². The van der Waals surface area contributed by atoms with E-state index in [2.05, 4.69) is 10.6 Å². The summed E-state index contributed by atoms with van der Waals surface area (Å²) in [4.78, 5) is 40.9. The molecule has 2 atom stereocenters. The van der Waals surface area contributed by atoms with Gasteiger partial charge in [0.2, 0.25) is 5.91 Å². The number of nitrogens with zero attached hydrogens (tertiary/aromatic N) is 1. The Morgan fingerprint density at radius 1 is 0.906 bits per heavy atom. The van der Waals surface area contributed by atoms with Crippen LogP contribution in [0.2, 0.25) is 0 Å². The predicted molar refractivity (Wildman–Crippen MR) is 126 cm³/mol. The van der Waals surface area contributed by atoms with Gasteiger partial charge in [0, 0.05) is 36.7 Å². The molecule has 6 nitrogen and oxygen atoms in total. The van der Waals surface area contributed by atoms with Crippen molar-refractivity contribution in [1.29, 1.82) is 0 Å². The lowest BCUT2D eigenvalue weighted by molar-refractivity contribution is -0.127. The van der Waals surface area contributed by atoms with Gasteiger partial charge in [-0.15, -0.1) is 11.3 Å². The SMILES string of the molecule is Cc1ccccc1C(=O)N[C@@H]1CCCCC1NC(=O)C1CCN(C(=O)c2cccs2)CC1. The third-order valence-electron chi connectivity index (χ3n) is 6.68. The Bertz CT molecular complexity index is 951. The number of carbonyl (C=O) groups is 3. The minimum Gasteiger partial charge on any atom is -0.351 e. The Balaban J connectivity index is 1.31. The van der Waals surface area contributed by atoms with Crippen molar-refractivity contribution in [1.82, 2.24) is 15.5 Å². The molecule has 1 aromatic heterocycles. The molecule has 0 radical (unpaired) electrons. The molecular formula is C25H31N3O3S. The number of hydrogen-bond donors (Lipinski definition) is 2. The lowest BCUT2D eigenvalue weighted by atomic mass is 9.88. The summed E-state index contributed by atoms with van der Waals surface area (Å²) in [7, 11) is 0. The molecule has 2 fully saturated rings. The molecule has 4 rings (SSSR count). The second-order valence-corrected chi connectivity index (χ2v) is 9.79. The Morgan fingerprint density at radius 2 is 1.59 bits per heavy atom. The average Bonchev–Trinajstić information content (AvgIpc) is 3.35. The summed E-state index contributed by atoms with van der Waals surface area (Å²) < 4.78 is 0. The minimum absolute atomic E-state index is 0.0463. The second-order valence-electron chi connectivity index (χ2n) is 8.84. The van der Waals surface area contributed by atoms with Gasteiger partial charge in [-0.1, -0.05) is 37.1 Å². The summed E-state index contributed by atoms with van der Waals surface area (Å²) in [5.41, 5.74) is 1.64. The van der Waals surface area contributed by atoms with E-state index in [1.807, 2.05) is 53.6 Å². The second kappa shape index (κ2) is 10.3. The maximum Gasteiger partial charge on any atom is 0.263 e. The highest BCUT2D eigenvalue weighted by Gasteiger charge is 2.33. The fraction of sp³-hybridized carbons (Fsp3) is 0.480. The summed E-state index contributed by atoms with van der Waals surface area (Å²) in [6.45, 7) is 3.14. The van der Waals surface area contributed by atoms with Crippen LogP contribution < -0.4 is 10.6 Å². The molecule has 1 aromatic carbocycles. The zero-order valence-electron chi connectivity index (χ0n) is 18.5. The number of piperidine rings is 1. The van der Waals surface area contributed by atoms with Gasteiger partial charge in [0.1, 0.15) is 0 Å². The zero-order chi connectivity index (χ0) is 22.5. The third-order valence-corrected chi connectivity index (χ3v) is 7.54. The predicted octanol–water partition coefficient (Wildman–Crippen LogP) is 3.77. The molecule has 2 heterocycles. The molecule has 3 amide bonds. The molecule has 1 aliphatic heterocycles. The van der Waals surface area contributed by atoms with Crippen molar-refractivity contribution in [3.63, 3.8) is 0 Å². The van der Waals surface area contributed by atoms with Crippen molar-refractivity contribution in [2.75, 3.05) is 13.1 Å². The van der Waals surface area contributed by atoms with E-state index in [0.29, 0.717) is 31.5 Å². The largest absolute Gasteiger partial charge is 0.351 e. The minimum atomic E-state index is -0.0861. The van der Waals surface area contributed by atoms with E-state index in [9.17, 15) is 14.4 Å². The number of nitrogens with one attached hydrogen (secondary N) is 2. The van der Waals surface area contributed by atoms with Gasteiger partial charge >= 0.3 is 0 Å². The summed E-state index contributed by atoms with van der Waals surface area (Å²) in [6, 6.07) is 11.2. The van der Waals surface area contributed by atoms with Gasteiger partial charge in [0.05, 0.1) is 4.88 Å². The van der Waals surface area contributed by atoms with Crippen LogP contribution in [0.15, 0.2) is 41.8 Å². The van der Waals surface area contributed by atoms with Crippen LogP contribution in [0.5, 0.6) is 0 Å². The monoisotopic (exact) mass is 453 g/mol. The number of amides is 3. The van der Waals surface area contributed by atoms with Gasteiger partial charge < -0.3 is 15.5 Å². The fourth-order valence-corrected chi connectivity index (χ4v) is 5.44. The van der Waals surface area contributed by atoms with Crippen molar-refractivity contribution in [2.24, 2.45) is 5.92 Å². The number of thiophene rings is 1. The molecule has 1 aliphatic carbocycles. The normalized spacial score (nSPS) is 21.7. The molecule has 170 valence electrons. The maximum atomic E-state index is 13.0. The Hall–Kier alpha value is -2.67. The fourth-order valence-electron chi connectivity index (χ4n) is 4.75.